The number of aliphatic hydroxyl groups is 1. The lowest BCUT2D eigenvalue weighted by atomic mass is 9.99. The molecule has 0 aromatic carbocycles. The second-order valence-electron chi connectivity index (χ2n) is 29.3. The van der Waals surface area contributed by atoms with Gasteiger partial charge in [-0.2, -0.15) is 0 Å². The maximum atomic E-state index is 13.1. The predicted molar refractivity (Wildman–Crippen MR) is 395 cm³/mol. The Morgan fingerprint density at radius 1 is 0.299 bits per heavy atom. The van der Waals surface area contributed by atoms with Gasteiger partial charge in [-0.3, -0.25) is 37.3 Å². The number of carbonyl (C=O) groups excluding carboxylic acids is 4. The van der Waals surface area contributed by atoms with Gasteiger partial charge in [0.15, 0.2) is 12.2 Å². The Morgan fingerprint density at radius 3 is 0.784 bits per heavy atom. The Bertz CT molecular complexity index is 1890. The Morgan fingerprint density at radius 2 is 0.526 bits per heavy atom. The van der Waals surface area contributed by atoms with Crippen LogP contribution in [0.2, 0.25) is 0 Å². The van der Waals surface area contributed by atoms with Gasteiger partial charge >= 0.3 is 39.5 Å². The van der Waals surface area contributed by atoms with E-state index in [9.17, 15) is 43.2 Å². The van der Waals surface area contributed by atoms with E-state index >= 15 is 0 Å². The molecule has 3 unspecified atom stereocenters. The van der Waals surface area contributed by atoms with Gasteiger partial charge in [0.2, 0.25) is 0 Å². The van der Waals surface area contributed by atoms with E-state index in [2.05, 4.69) is 48.5 Å². The number of carbonyl (C=O) groups is 4. The first-order valence-electron chi connectivity index (χ1n) is 40.4. The van der Waals surface area contributed by atoms with Crippen molar-refractivity contribution in [3.63, 3.8) is 0 Å². The van der Waals surface area contributed by atoms with Crippen molar-refractivity contribution in [3.8, 4) is 0 Å². The molecule has 3 N–H and O–H groups in total. The zero-order valence-corrected chi connectivity index (χ0v) is 65.3. The van der Waals surface area contributed by atoms with E-state index in [1.54, 1.807) is 0 Å². The van der Waals surface area contributed by atoms with Crippen molar-refractivity contribution in [1.29, 1.82) is 0 Å². The highest BCUT2D eigenvalue weighted by molar-refractivity contribution is 7.47. The zero-order chi connectivity index (χ0) is 71.6. The highest BCUT2D eigenvalue weighted by atomic mass is 31.2. The van der Waals surface area contributed by atoms with Crippen molar-refractivity contribution in [2.24, 2.45) is 17.8 Å². The SMILES string of the molecule is CCCCCCCCCCCCC(=O)OC[C@H](COP(=O)(O)OC[C@H](O)COP(=O)(O)OC[C@@H](COC(=O)CCCCCCCCCCCCCCC(C)C)OC(=O)CCCCCCCCCCCCCCCCCCCCC(C)CC)OC(=O)CCCCCCCCCC(C)C. The minimum Gasteiger partial charge on any atom is -0.462 e. The first-order chi connectivity index (χ1) is 46.8. The average Bonchev–Trinajstić information content (AvgIpc) is 1.52. The van der Waals surface area contributed by atoms with E-state index in [0.29, 0.717) is 31.6 Å². The average molecular weight is 1420 g/mol. The molecule has 0 aromatic rings. The first kappa shape index (κ1) is 95.1. The van der Waals surface area contributed by atoms with Crippen LogP contribution in [0.25, 0.3) is 0 Å². The van der Waals surface area contributed by atoms with Gasteiger partial charge in [0.1, 0.15) is 19.3 Å². The largest absolute Gasteiger partial charge is 0.472 e. The Hall–Kier alpha value is -1.94. The second-order valence-corrected chi connectivity index (χ2v) is 32.2. The standard InChI is InChI=1S/C78H152O17P2/c1-8-10-11-12-13-14-31-38-45-52-59-75(80)88-66-74(95-78(83)62-55-48-41-34-36-43-50-57-70(5)6)68-93-97(86,87)91-64-72(79)63-90-96(84,85)92-67-73(65-89-76(81)60-53-46-39-32-27-24-23-25-29-35-42-49-56-69(3)4)94-77(82)61-54-47-40-33-28-22-20-18-16-15-17-19-21-26-30-37-44-51-58-71(7)9-2/h69-74,79H,8-68H2,1-7H3,(H,84,85)(H,86,87)/t71?,72-,73-,74-/m1/s1. The van der Waals surface area contributed by atoms with Crippen LogP contribution in [0.3, 0.4) is 0 Å². The molecule has 0 rings (SSSR count). The Kier molecular flexibility index (Phi) is 67.1. The molecular formula is C78H152O17P2. The molecule has 0 saturated carbocycles. The molecule has 0 aliphatic rings. The summed E-state index contributed by atoms with van der Waals surface area (Å²) in [6.45, 7) is 11.9. The van der Waals surface area contributed by atoms with Crippen molar-refractivity contribution < 1.29 is 80.2 Å². The van der Waals surface area contributed by atoms with E-state index in [-0.39, 0.29) is 25.7 Å². The van der Waals surface area contributed by atoms with Crippen LogP contribution in [0.4, 0.5) is 0 Å². The van der Waals surface area contributed by atoms with Crippen LogP contribution < -0.4 is 0 Å². The number of phosphoric ester groups is 2. The maximum Gasteiger partial charge on any atom is 0.472 e. The minimum atomic E-state index is -4.96. The van der Waals surface area contributed by atoms with E-state index in [1.807, 2.05) is 0 Å². The number of phosphoric acid groups is 2. The molecule has 0 fully saturated rings. The van der Waals surface area contributed by atoms with Gasteiger partial charge < -0.3 is 33.8 Å². The summed E-state index contributed by atoms with van der Waals surface area (Å²) >= 11 is 0. The fourth-order valence-corrected chi connectivity index (χ4v) is 13.5. The molecule has 6 atom stereocenters. The fourth-order valence-electron chi connectivity index (χ4n) is 11.9. The van der Waals surface area contributed by atoms with Gasteiger partial charge in [0, 0.05) is 25.7 Å². The first-order valence-corrected chi connectivity index (χ1v) is 43.4. The molecule has 0 amide bonds. The number of rotatable bonds is 76. The number of hydrogen-bond acceptors (Lipinski definition) is 15. The molecular weight excluding hydrogens is 1270 g/mol. The second kappa shape index (κ2) is 68.5. The summed E-state index contributed by atoms with van der Waals surface area (Å²) in [6.07, 6.45) is 55.6. The normalized spacial score (nSPS) is 14.3. The van der Waals surface area contributed by atoms with Crippen molar-refractivity contribution in [3.05, 3.63) is 0 Å². The number of unbranched alkanes of at least 4 members (excludes halogenated alkanes) is 43. The van der Waals surface area contributed by atoms with Gasteiger partial charge in [0.25, 0.3) is 0 Å². The van der Waals surface area contributed by atoms with Crippen LogP contribution in [0, 0.1) is 17.8 Å². The topological polar surface area (TPSA) is 237 Å². The molecule has 17 nitrogen and oxygen atoms in total. The summed E-state index contributed by atoms with van der Waals surface area (Å²) in [7, 11) is -9.91. The molecule has 19 heteroatoms. The van der Waals surface area contributed by atoms with E-state index < -0.39 is 97.5 Å². The van der Waals surface area contributed by atoms with Crippen molar-refractivity contribution in [1.82, 2.24) is 0 Å². The fraction of sp³-hybridized carbons (Fsp3) is 0.949. The highest BCUT2D eigenvalue weighted by Gasteiger charge is 2.30. The summed E-state index contributed by atoms with van der Waals surface area (Å²) in [4.78, 5) is 72.8. The van der Waals surface area contributed by atoms with E-state index in [0.717, 1.165) is 102 Å². The Labute approximate surface area is 594 Å². The molecule has 0 aliphatic carbocycles. The van der Waals surface area contributed by atoms with Gasteiger partial charge in [-0.1, -0.05) is 350 Å². The predicted octanol–water partition coefficient (Wildman–Crippen LogP) is 23.0. The number of aliphatic hydroxyl groups excluding tert-OH is 1. The zero-order valence-electron chi connectivity index (χ0n) is 63.5. The summed E-state index contributed by atoms with van der Waals surface area (Å²) in [6, 6.07) is 0. The van der Waals surface area contributed by atoms with E-state index in [4.69, 9.17) is 37.0 Å². The monoisotopic (exact) mass is 1420 g/mol. The van der Waals surface area contributed by atoms with Gasteiger partial charge in [-0.25, -0.2) is 9.13 Å². The smallest absolute Gasteiger partial charge is 0.462 e. The van der Waals surface area contributed by atoms with Crippen molar-refractivity contribution in [2.75, 3.05) is 39.6 Å². The molecule has 0 radical (unpaired) electrons. The van der Waals surface area contributed by atoms with Crippen molar-refractivity contribution >= 4 is 39.5 Å². The molecule has 0 saturated heterocycles. The third-order valence-electron chi connectivity index (χ3n) is 18.5. The number of hydrogen-bond donors (Lipinski definition) is 3. The van der Waals surface area contributed by atoms with Gasteiger partial charge in [0.05, 0.1) is 26.4 Å². The molecule has 0 aromatic heterocycles. The summed E-state index contributed by atoms with van der Waals surface area (Å²) in [5, 5.41) is 10.6. The van der Waals surface area contributed by atoms with Crippen molar-refractivity contribution in [2.45, 2.75) is 420 Å². The summed E-state index contributed by atoms with van der Waals surface area (Å²) in [5.74, 6) is 0.230. The molecule has 0 heterocycles. The third-order valence-corrected chi connectivity index (χ3v) is 20.4. The molecule has 0 aliphatic heterocycles. The number of esters is 4. The lowest BCUT2D eigenvalue weighted by Crippen LogP contribution is -2.30. The molecule has 0 bridgehead atoms. The van der Waals surface area contributed by atoms with Crippen LogP contribution in [-0.2, 0) is 65.4 Å². The maximum absolute atomic E-state index is 13.1. The van der Waals surface area contributed by atoms with Crippen LogP contribution in [0.1, 0.15) is 402 Å². The molecule has 97 heavy (non-hydrogen) atoms. The Balaban J connectivity index is 5.19. The quantitative estimate of drug-likeness (QED) is 0.0222. The highest BCUT2D eigenvalue weighted by Crippen LogP contribution is 2.45. The summed E-state index contributed by atoms with van der Waals surface area (Å²) < 4.78 is 68.5. The van der Waals surface area contributed by atoms with Crippen LogP contribution in [0.15, 0.2) is 0 Å². The summed E-state index contributed by atoms with van der Waals surface area (Å²) in [5.41, 5.74) is 0. The molecule has 576 valence electrons. The van der Waals surface area contributed by atoms with Crippen LogP contribution in [-0.4, -0.2) is 96.7 Å². The number of ether oxygens (including phenoxy) is 4. The van der Waals surface area contributed by atoms with Crippen LogP contribution in [0.5, 0.6) is 0 Å². The molecule has 0 spiro atoms. The lowest BCUT2D eigenvalue weighted by molar-refractivity contribution is -0.161. The van der Waals surface area contributed by atoms with E-state index in [1.165, 1.54) is 212 Å². The minimum absolute atomic E-state index is 0.104. The third kappa shape index (κ3) is 70.9. The van der Waals surface area contributed by atoms with Gasteiger partial charge in [-0.05, 0) is 43.4 Å². The van der Waals surface area contributed by atoms with Crippen LogP contribution >= 0.6 is 15.6 Å². The lowest BCUT2D eigenvalue weighted by Gasteiger charge is -2.21. The van der Waals surface area contributed by atoms with Gasteiger partial charge in [-0.15, -0.1) is 0 Å².